The summed E-state index contributed by atoms with van der Waals surface area (Å²) in [6.07, 6.45) is 3.55. The molecule has 17 heavy (non-hydrogen) atoms. The van der Waals surface area contributed by atoms with Crippen molar-refractivity contribution in [2.75, 3.05) is 0 Å². The lowest BCUT2D eigenvalue weighted by Gasteiger charge is -2.04. The topological polar surface area (TPSA) is 34.4 Å². The number of aromatic nitrogens is 2. The molecule has 0 amide bonds. The molecule has 0 unspecified atom stereocenters. The molecule has 0 saturated heterocycles. The number of Topliss-reactive ketones (excluding diaryl/α,β-unsaturated/α-hetero) is 1. The molecule has 0 radical (unpaired) electrons. The molecule has 3 nitrogen and oxygen atoms in total. The van der Waals surface area contributed by atoms with Gasteiger partial charge in [-0.1, -0.05) is 18.2 Å². The van der Waals surface area contributed by atoms with Crippen LogP contribution in [-0.4, -0.2) is 15.2 Å². The highest BCUT2D eigenvalue weighted by Gasteiger charge is 2.10. The Labute approximate surface area is 98.7 Å². The van der Waals surface area contributed by atoms with Crippen LogP contribution in [0.3, 0.4) is 0 Å². The Bertz CT molecular complexity index is 740. The largest absolute Gasteiger partial charge is 0.297 e. The average molecular weight is 224 g/mol. The summed E-state index contributed by atoms with van der Waals surface area (Å²) in [7, 11) is 0. The van der Waals surface area contributed by atoms with Gasteiger partial charge in [-0.05, 0) is 23.9 Å². The van der Waals surface area contributed by atoms with Crippen molar-refractivity contribution < 1.29 is 4.79 Å². The maximum Gasteiger partial charge on any atom is 0.178 e. The first kappa shape index (κ1) is 10.0. The molecule has 3 heteroatoms. The standard InChI is InChI=1S/C14H12N2O/c1-9-4-3-5-11-6-7-16-12(10(2)17)8-15-14(16)13(9)11/h3-8H,1-2H3. The zero-order valence-electron chi connectivity index (χ0n) is 9.77. The second-order valence-electron chi connectivity index (χ2n) is 4.25. The Balaban J connectivity index is 2.53. The summed E-state index contributed by atoms with van der Waals surface area (Å²) < 4.78 is 1.86. The van der Waals surface area contributed by atoms with Crippen LogP contribution in [0.25, 0.3) is 16.4 Å². The van der Waals surface area contributed by atoms with E-state index in [1.807, 2.05) is 22.7 Å². The molecule has 0 N–H and O–H groups in total. The predicted molar refractivity (Wildman–Crippen MR) is 67.4 cm³/mol. The first-order valence-corrected chi connectivity index (χ1v) is 5.55. The van der Waals surface area contributed by atoms with Gasteiger partial charge in [0, 0.05) is 18.5 Å². The van der Waals surface area contributed by atoms with Gasteiger partial charge in [0.15, 0.2) is 5.78 Å². The van der Waals surface area contributed by atoms with Crippen molar-refractivity contribution in [3.63, 3.8) is 0 Å². The summed E-state index contributed by atoms with van der Waals surface area (Å²) in [5.74, 6) is 0.0328. The van der Waals surface area contributed by atoms with Gasteiger partial charge in [0.05, 0.1) is 6.20 Å². The number of hydrogen-bond acceptors (Lipinski definition) is 2. The normalized spacial score (nSPS) is 11.2. The maximum atomic E-state index is 11.5. The number of fused-ring (bicyclic) bond motifs is 3. The van der Waals surface area contributed by atoms with Gasteiger partial charge in [-0.25, -0.2) is 4.98 Å². The highest BCUT2D eigenvalue weighted by atomic mass is 16.1. The van der Waals surface area contributed by atoms with Crippen molar-refractivity contribution in [1.29, 1.82) is 0 Å². The second kappa shape index (κ2) is 3.42. The van der Waals surface area contributed by atoms with E-state index in [4.69, 9.17) is 0 Å². The molecule has 0 saturated carbocycles. The molecule has 3 rings (SSSR count). The molecule has 3 aromatic rings. The zero-order chi connectivity index (χ0) is 12.0. The Morgan fingerprint density at radius 2 is 2.12 bits per heavy atom. The zero-order valence-corrected chi connectivity index (χ0v) is 9.77. The minimum absolute atomic E-state index is 0.0328. The molecule has 2 aromatic heterocycles. The third kappa shape index (κ3) is 1.35. The lowest BCUT2D eigenvalue weighted by Crippen LogP contribution is -1.98. The third-order valence-corrected chi connectivity index (χ3v) is 3.09. The quantitative estimate of drug-likeness (QED) is 0.595. The SMILES string of the molecule is CC(=O)c1cnc2c3c(C)cccc3ccn12. The summed E-state index contributed by atoms with van der Waals surface area (Å²) in [5, 5.41) is 2.26. The Kier molecular flexibility index (Phi) is 2.01. The van der Waals surface area contributed by atoms with Crippen molar-refractivity contribution in [2.24, 2.45) is 0 Å². The van der Waals surface area contributed by atoms with Crippen LogP contribution in [0.2, 0.25) is 0 Å². The number of hydrogen-bond donors (Lipinski definition) is 0. The van der Waals surface area contributed by atoms with Crippen LogP contribution in [0.4, 0.5) is 0 Å². The number of rotatable bonds is 1. The molecule has 0 aliphatic rings. The number of ketones is 1. The smallest absolute Gasteiger partial charge is 0.178 e. The highest BCUT2D eigenvalue weighted by molar-refractivity contribution is 5.99. The van der Waals surface area contributed by atoms with E-state index in [-0.39, 0.29) is 5.78 Å². The molecule has 1 aromatic carbocycles. The van der Waals surface area contributed by atoms with E-state index < -0.39 is 0 Å². The van der Waals surface area contributed by atoms with E-state index in [2.05, 4.69) is 24.0 Å². The van der Waals surface area contributed by atoms with Gasteiger partial charge >= 0.3 is 0 Å². The lowest BCUT2D eigenvalue weighted by atomic mass is 10.1. The Morgan fingerprint density at radius 1 is 1.29 bits per heavy atom. The minimum Gasteiger partial charge on any atom is -0.297 e. The van der Waals surface area contributed by atoms with E-state index in [0.717, 1.165) is 16.4 Å². The molecule has 0 aliphatic carbocycles. The van der Waals surface area contributed by atoms with Gasteiger partial charge in [0.25, 0.3) is 0 Å². The molecule has 0 atom stereocenters. The summed E-state index contributed by atoms with van der Waals surface area (Å²) in [4.78, 5) is 15.9. The van der Waals surface area contributed by atoms with Crippen LogP contribution in [0, 0.1) is 6.92 Å². The first-order valence-electron chi connectivity index (χ1n) is 5.55. The number of aryl methyl sites for hydroxylation is 1. The van der Waals surface area contributed by atoms with Crippen molar-refractivity contribution in [1.82, 2.24) is 9.38 Å². The van der Waals surface area contributed by atoms with Gasteiger partial charge in [0.2, 0.25) is 0 Å². The summed E-state index contributed by atoms with van der Waals surface area (Å²) in [5.41, 5.74) is 2.66. The van der Waals surface area contributed by atoms with Crippen LogP contribution in [0.15, 0.2) is 36.7 Å². The van der Waals surface area contributed by atoms with Gasteiger partial charge < -0.3 is 0 Å². The second-order valence-corrected chi connectivity index (χ2v) is 4.25. The van der Waals surface area contributed by atoms with Crippen molar-refractivity contribution in [2.45, 2.75) is 13.8 Å². The van der Waals surface area contributed by atoms with E-state index in [1.165, 1.54) is 5.56 Å². The maximum absolute atomic E-state index is 11.5. The Hall–Kier alpha value is -2.16. The first-order chi connectivity index (χ1) is 8.18. The van der Waals surface area contributed by atoms with Gasteiger partial charge in [-0.3, -0.25) is 9.20 Å². The van der Waals surface area contributed by atoms with Crippen LogP contribution in [-0.2, 0) is 0 Å². The third-order valence-electron chi connectivity index (χ3n) is 3.09. The molecular formula is C14H12N2O. The van der Waals surface area contributed by atoms with Crippen LogP contribution in [0.1, 0.15) is 23.0 Å². The molecule has 0 spiro atoms. The number of imidazole rings is 1. The molecule has 84 valence electrons. The number of pyridine rings is 1. The van der Waals surface area contributed by atoms with Crippen LogP contribution < -0.4 is 0 Å². The Morgan fingerprint density at radius 3 is 2.88 bits per heavy atom. The van der Waals surface area contributed by atoms with Gasteiger partial charge in [0.1, 0.15) is 11.3 Å². The number of carbonyl (C=O) groups is 1. The van der Waals surface area contributed by atoms with E-state index >= 15 is 0 Å². The van der Waals surface area contributed by atoms with Gasteiger partial charge in [-0.2, -0.15) is 0 Å². The van der Waals surface area contributed by atoms with Crippen molar-refractivity contribution in [3.05, 3.63) is 47.9 Å². The molecule has 0 bridgehead atoms. The summed E-state index contributed by atoms with van der Waals surface area (Å²) in [6.45, 7) is 3.62. The number of benzene rings is 1. The predicted octanol–water partition coefficient (Wildman–Crippen LogP) is 3.00. The van der Waals surface area contributed by atoms with Gasteiger partial charge in [-0.15, -0.1) is 0 Å². The van der Waals surface area contributed by atoms with Crippen LogP contribution in [0.5, 0.6) is 0 Å². The van der Waals surface area contributed by atoms with Crippen LogP contribution >= 0.6 is 0 Å². The average Bonchev–Trinajstić information content (AvgIpc) is 2.72. The number of carbonyl (C=O) groups excluding carboxylic acids is 1. The lowest BCUT2D eigenvalue weighted by molar-refractivity contribution is 0.101. The summed E-state index contributed by atoms with van der Waals surface area (Å²) >= 11 is 0. The van der Waals surface area contributed by atoms with E-state index in [9.17, 15) is 4.79 Å². The van der Waals surface area contributed by atoms with E-state index in [0.29, 0.717) is 5.69 Å². The van der Waals surface area contributed by atoms with E-state index in [1.54, 1.807) is 13.1 Å². The monoisotopic (exact) mass is 224 g/mol. The fourth-order valence-corrected chi connectivity index (χ4v) is 2.25. The number of nitrogens with zero attached hydrogens (tertiary/aromatic N) is 2. The fourth-order valence-electron chi connectivity index (χ4n) is 2.25. The minimum atomic E-state index is 0.0328. The molecule has 0 fully saturated rings. The van der Waals surface area contributed by atoms with Crippen molar-refractivity contribution in [3.8, 4) is 0 Å². The van der Waals surface area contributed by atoms with Crippen molar-refractivity contribution >= 4 is 22.2 Å². The fraction of sp³-hybridized carbons (Fsp3) is 0.143. The molecule has 0 aliphatic heterocycles. The summed E-state index contributed by atoms with van der Waals surface area (Å²) in [6, 6.07) is 8.17. The molecular weight excluding hydrogens is 212 g/mol. The highest BCUT2D eigenvalue weighted by Crippen LogP contribution is 2.23. The molecule has 2 heterocycles.